The third-order valence-corrected chi connectivity index (χ3v) is 2.47. The first-order valence-corrected chi connectivity index (χ1v) is 5.83. The van der Waals surface area contributed by atoms with Gasteiger partial charge in [0, 0.05) is 23.9 Å². The molecule has 1 aromatic heterocycles. The summed E-state index contributed by atoms with van der Waals surface area (Å²) < 4.78 is 9.00. The van der Waals surface area contributed by atoms with Crippen LogP contribution in [-0.2, 0) is 11.3 Å². The Morgan fingerprint density at radius 1 is 1.36 bits per heavy atom. The van der Waals surface area contributed by atoms with E-state index in [0.29, 0.717) is 5.69 Å². The number of nitrogens with zero attached hydrogens (tertiary/aromatic N) is 2. The molecule has 1 amide bonds. The van der Waals surface area contributed by atoms with Gasteiger partial charge in [0.2, 0.25) is 0 Å². The van der Waals surface area contributed by atoms with Crippen LogP contribution in [0.4, 0.5) is 16.2 Å². The van der Waals surface area contributed by atoms with Crippen molar-refractivity contribution in [3.05, 3.63) is 51.9 Å². The summed E-state index contributed by atoms with van der Waals surface area (Å²) in [5.41, 5.74) is 0.150. The number of anilines is 1. The number of benzene rings is 1. The van der Waals surface area contributed by atoms with Crippen LogP contribution in [0, 0.1) is 10.1 Å². The van der Waals surface area contributed by atoms with Gasteiger partial charge in [0.1, 0.15) is 0 Å². The highest BCUT2D eigenvalue weighted by molar-refractivity contribution is 6.02. The average molecular weight is 307 g/mol. The van der Waals surface area contributed by atoms with Crippen molar-refractivity contribution in [1.29, 1.82) is 0 Å². The molecule has 0 bridgehead atoms. The van der Waals surface area contributed by atoms with Crippen molar-refractivity contribution in [2.45, 2.75) is 6.61 Å². The fourth-order valence-electron chi connectivity index (χ4n) is 1.48. The van der Waals surface area contributed by atoms with Gasteiger partial charge in [0.05, 0.1) is 4.92 Å². The number of hydrogen-bond donors (Lipinski definition) is 2. The first-order valence-electron chi connectivity index (χ1n) is 5.83. The van der Waals surface area contributed by atoms with E-state index >= 15 is 0 Å². The maximum absolute atomic E-state index is 11.9. The average Bonchev–Trinajstić information content (AvgIpc) is 2.94. The maximum Gasteiger partial charge on any atom is 0.506 e. The first kappa shape index (κ1) is 15.0. The van der Waals surface area contributed by atoms with Crippen LogP contribution in [0.2, 0.25) is 0 Å². The molecular weight excluding hydrogens is 298 g/mol. The number of nitro groups is 1. The molecule has 22 heavy (non-hydrogen) atoms. The smallest absolute Gasteiger partial charge is 0.450 e. The monoisotopic (exact) mass is 307 g/mol. The number of non-ortho nitro benzene ring substituents is 1. The summed E-state index contributed by atoms with van der Waals surface area (Å²) >= 11 is 0. The van der Waals surface area contributed by atoms with Gasteiger partial charge in [0.25, 0.3) is 11.6 Å². The number of aromatic nitrogens is 1. The third-order valence-electron chi connectivity index (χ3n) is 2.47. The van der Waals surface area contributed by atoms with E-state index < -0.39 is 17.0 Å². The van der Waals surface area contributed by atoms with E-state index in [1.54, 1.807) is 0 Å². The highest BCUT2D eigenvalue weighted by Gasteiger charge is 2.14. The predicted molar refractivity (Wildman–Crippen MR) is 70.4 cm³/mol. The molecule has 0 aliphatic rings. The number of carboxylic acid groups (broad SMARTS) is 1. The molecule has 1 aromatic carbocycles. The Kier molecular flexibility index (Phi) is 4.32. The zero-order chi connectivity index (χ0) is 16.1. The summed E-state index contributed by atoms with van der Waals surface area (Å²) in [4.78, 5) is 32.0. The summed E-state index contributed by atoms with van der Waals surface area (Å²) in [6.07, 6.45) is -1.48. The predicted octanol–water partition coefficient (Wildman–Crippen LogP) is 2.03. The van der Waals surface area contributed by atoms with Crippen LogP contribution in [0.25, 0.3) is 0 Å². The minimum atomic E-state index is -1.48. The molecule has 114 valence electrons. The molecule has 0 fully saturated rings. The van der Waals surface area contributed by atoms with Gasteiger partial charge in [-0.25, -0.2) is 4.79 Å². The van der Waals surface area contributed by atoms with Crippen molar-refractivity contribution in [2.24, 2.45) is 0 Å². The van der Waals surface area contributed by atoms with Crippen molar-refractivity contribution in [3.63, 3.8) is 0 Å². The number of hydrogen-bond acceptors (Lipinski definition) is 7. The zero-order valence-corrected chi connectivity index (χ0v) is 10.9. The molecule has 10 heteroatoms. The Bertz CT molecular complexity index is 708. The van der Waals surface area contributed by atoms with Gasteiger partial charge in [-0.05, 0) is 12.1 Å². The SMILES string of the molecule is O=C(O)OCc1cc(C(=O)Nc2ccc([N+](=O)[O-])cc2)no1. The van der Waals surface area contributed by atoms with Crippen molar-refractivity contribution in [2.75, 3.05) is 5.32 Å². The topological polar surface area (TPSA) is 145 Å². The van der Waals surface area contributed by atoms with E-state index in [9.17, 15) is 19.7 Å². The number of ether oxygens (including phenoxy) is 1. The van der Waals surface area contributed by atoms with Crippen LogP contribution in [0.1, 0.15) is 16.2 Å². The minimum Gasteiger partial charge on any atom is -0.450 e. The lowest BCUT2D eigenvalue weighted by Gasteiger charge is -2.01. The third kappa shape index (κ3) is 3.79. The summed E-state index contributed by atoms with van der Waals surface area (Å²) in [5.74, 6) is -0.546. The number of carbonyl (C=O) groups is 2. The highest BCUT2D eigenvalue weighted by Crippen LogP contribution is 2.16. The molecule has 2 rings (SSSR count). The van der Waals surface area contributed by atoms with E-state index in [-0.39, 0.29) is 23.7 Å². The summed E-state index contributed by atoms with van der Waals surface area (Å²) in [5, 5.41) is 24.8. The molecule has 10 nitrogen and oxygen atoms in total. The van der Waals surface area contributed by atoms with Crippen molar-refractivity contribution in [1.82, 2.24) is 5.16 Å². The second-order valence-corrected chi connectivity index (χ2v) is 3.99. The van der Waals surface area contributed by atoms with E-state index in [1.165, 1.54) is 30.3 Å². The Morgan fingerprint density at radius 3 is 2.64 bits per heavy atom. The second kappa shape index (κ2) is 6.35. The number of carbonyl (C=O) groups excluding carboxylic acids is 1. The molecular formula is C12H9N3O7. The van der Waals surface area contributed by atoms with Crippen LogP contribution < -0.4 is 5.32 Å². The lowest BCUT2D eigenvalue weighted by atomic mass is 10.2. The molecule has 0 spiro atoms. The van der Waals surface area contributed by atoms with Crippen LogP contribution in [0.5, 0.6) is 0 Å². The zero-order valence-electron chi connectivity index (χ0n) is 10.9. The van der Waals surface area contributed by atoms with Gasteiger partial charge >= 0.3 is 6.16 Å². The molecule has 0 atom stereocenters. The molecule has 2 aromatic rings. The molecule has 0 aliphatic carbocycles. The standard InChI is InChI=1S/C12H9N3O7/c16-11(10-5-9(22-14-10)6-21-12(17)18)13-7-1-3-8(4-2-7)15(19)20/h1-5H,6H2,(H,13,16)(H,17,18). The molecule has 0 saturated heterocycles. The van der Waals surface area contributed by atoms with E-state index in [2.05, 4.69) is 15.2 Å². The van der Waals surface area contributed by atoms with Gasteiger partial charge in [0.15, 0.2) is 18.1 Å². The summed E-state index contributed by atoms with van der Waals surface area (Å²) in [6, 6.07) is 6.44. The van der Waals surface area contributed by atoms with Crippen molar-refractivity contribution < 1.29 is 28.9 Å². The van der Waals surface area contributed by atoms with E-state index in [0.717, 1.165) is 0 Å². The largest absolute Gasteiger partial charge is 0.506 e. The lowest BCUT2D eigenvalue weighted by Crippen LogP contribution is -2.12. The fourth-order valence-corrected chi connectivity index (χ4v) is 1.48. The normalized spacial score (nSPS) is 10.0. The number of nitrogens with one attached hydrogen (secondary N) is 1. The molecule has 0 radical (unpaired) electrons. The van der Waals surface area contributed by atoms with Crippen LogP contribution >= 0.6 is 0 Å². The Balaban J connectivity index is 1.99. The van der Waals surface area contributed by atoms with Gasteiger partial charge in [-0.2, -0.15) is 0 Å². The molecule has 0 aliphatic heterocycles. The Hall–Kier alpha value is -3.43. The highest BCUT2D eigenvalue weighted by atomic mass is 16.7. The van der Waals surface area contributed by atoms with Crippen molar-refractivity contribution in [3.8, 4) is 0 Å². The van der Waals surface area contributed by atoms with Gasteiger partial charge < -0.3 is 19.7 Å². The summed E-state index contributed by atoms with van der Waals surface area (Å²) in [6.45, 7) is -0.368. The number of amides is 1. The van der Waals surface area contributed by atoms with Crippen LogP contribution in [-0.4, -0.2) is 27.2 Å². The quantitative estimate of drug-likeness (QED) is 0.484. The maximum atomic E-state index is 11.9. The number of rotatable bonds is 5. The van der Waals surface area contributed by atoms with Gasteiger partial charge in [-0.15, -0.1) is 0 Å². The second-order valence-electron chi connectivity index (χ2n) is 3.99. The first-order chi connectivity index (χ1) is 10.5. The van der Waals surface area contributed by atoms with E-state index in [4.69, 9.17) is 9.63 Å². The van der Waals surface area contributed by atoms with E-state index in [1.807, 2.05) is 0 Å². The lowest BCUT2D eigenvalue weighted by molar-refractivity contribution is -0.384. The van der Waals surface area contributed by atoms with Crippen molar-refractivity contribution >= 4 is 23.4 Å². The molecule has 0 unspecified atom stereocenters. The molecule has 2 N–H and O–H groups in total. The Labute approximate surface area is 122 Å². The van der Waals surface area contributed by atoms with Gasteiger partial charge in [-0.1, -0.05) is 5.16 Å². The fraction of sp³-hybridized carbons (Fsp3) is 0.0833. The molecule has 0 saturated carbocycles. The van der Waals surface area contributed by atoms with Crippen LogP contribution in [0.3, 0.4) is 0 Å². The molecule has 1 heterocycles. The summed E-state index contributed by atoms with van der Waals surface area (Å²) in [7, 11) is 0. The minimum absolute atomic E-state index is 0.0660. The van der Waals surface area contributed by atoms with Gasteiger partial charge in [-0.3, -0.25) is 14.9 Å². The Morgan fingerprint density at radius 2 is 2.05 bits per heavy atom. The van der Waals surface area contributed by atoms with Crippen LogP contribution in [0.15, 0.2) is 34.9 Å². The number of nitro benzene ring substituents is 1.